The van der Waals surface area contributed by atoms with E-state index < -0.39 is 0 Å². The summed E-state index contributed by atoms with van der Waals surface area (Å²) < 4.78 is 0. The van der Waals surface area contributed by atoms with Gasteiger partial charge in [0, 0.05) is 0 Å². The van der Waals surface area contributed by atoms with E-state index in [1.165, 1.54) is 122 Å². The van der Waals surface area contributed by atoms with Crippen molar-refractivity contribution in [1.82, 2.24) is 0 Å². The second-order valence-electron chi connectivity index (χ2n) is 7.37. The van der Waals surface area contributed by atoms with E-state index in [2.05, 4.69) is 26.0 Å². The summed E-state index contributed by atoms with van der Waals surface area (Å²) in [4.78, 5) is 0. The summed E-state index contributed by atoms with van der Waals surface area (Å²) in [5.41, 5.74) is 0. The minimum Gasteiger partial charge on any atom is -0.0917 e. The van der Waals surface area contributed by atoms with Crippen molar-refractivity contribution < 1.29 is 0 Å². The molecule has 0 rings (SSSR count). The number of allylic oxidation sites excluding steroid dienone is 2. The maximum absolute atomic E-state index is 2.30. The molecule has 138 valence electrons. The first-order valence-corrected chi connectivity index (χ1v) is 11.0. The maximum Gasteiger partial charge on any atom is -0.0351 e. The molecule has 0 N–H and O–H groups in total. The third kappa shape index (κ3) is 21.7. The molecular formula is C23H46. The minimum atomic E-state index is 1.29. The van der Waals surface area contributed by atoms with Crippen molar-refractivity contribution in [2.45, 2.75) is 136 Å². The highest BCUT2D eigenvalue weighted by Crippen LogP contribution is 2.14. The van der Waals surface area contributed by atoms with Crippen molar-refractivity contribution in [1.29, 1.82) is 0 Å². The first-order chi connectivity index (χ1) is 11.4. The van der Waals surface area contributed by atoms with E-state index >= 15 is 0 Å². The first-order valence-electron chi connectivity index (χ1n) is 11.0. The van der Waals surface area contributed by atoms with Crippen LogP contribution in [0.25, 0.3) is 0 Å². The molecule has 0 nitrogen and oxygen atoms in total. The molecule has 0 heteroatoms. The topological polar surface area (TPSA) is 0 Å². The Balaban J connectivity index is 2.95. The highest BCUT2D eigenvalue weighted by molar-refractivity contribution is 4.76. The first kappa shape index (κ1) is 22.7. The van der Waals surface area contributed by atoms with E-state index in [4.69, 9.17) is 0 Å². The zero-order valence-electron chi connectivity index (χ0n) is 16.6. The standard InChI is InChI=1S/C23H46/c1-3-5-7-9-11-13-15-17-19-21-23-22-20-18-16-14-12-10-8-6-4-2/h3,5H,4,6-23H2,1-2H3/b5-3+. The van der Waals surface area contributed by atoms with Gasteiger partial charge in [-0.15, -0.1) is 0 Å². The van der Waals surface area contributed by atoms with Gasteiger partial charge in [-0.05, 0) is 19.8 Å². The van der Waals surface area contributed by atoms with Crippen LogP contribution in [0.3, 0.4) is 0 Å². The molecule has 0 aliphatic rings. The van der Waals surface area contributed by atoms with Crippen molar-refractivity contribution in [3.05, 3.63) is 12.2 Å². The fourth-order valence-corrected chi connectivity index (χ4v) is 3.33. The van der Waals surface area contributed by atoms with Crippen LogP contribution in [0.2, 0.25) is 0 Å². The zero-order valence-corrected chi connectivity index (χ0v) is 16.6. The molecule has 0 radical (unpaired) electrons. The Morgan fingerprint density at radius 1 is 0.435 bits per heavy atom. The highest BCUT2D eigenvalue weighted by Gasteiger charge is 1.94. The molecule has 0 aliphatic carbocycles. The Hall–Kier alpha value is -0.260. The summed E-state index contributed by atoms with van der Waals surface area (Å²) in [5, 5.41) is 0. The van der Waals surface area contributed by atoms with Gasteiger partial charge in [0.2, 0.25) is 0 Å². The predicted octanol–water partition coefficient (Wildman–Crippen LogP) is 8.99. The van der Waals surface area contributed by atoms with Crippen LogP contribution >= 0.6 is 0 Å². The predicted molar refractivity (Wildman–Crippen MR) is 108 cm³/mol. The molecule has 0 aliphatic heterocycles. The van der Waals surface area contributed by atoms with Crippen LogP contribution in [0.1, 0.15) is 136 Å². The second kappa shape index (κ2) is 21.7. The summed E-state index contributed by atoms with van der Waals surface area (Å²) in [5.74, 6) is 0. The normalized spacial score (nSPS) is 11.6. The van der Waals surface area contributed by atoms with Crippen molar-refractivity contribution in [2.24, 2.45) is 0 Å². The maximum atomic E-state index is 2.30. The molecule has 0 heterocycles. The van der Waals surface area contributed by atoms with Gasteiger partial charge in [-0.25, -0.2) is 0 Å². The van der Waals surface area contributed by atoms with Gasteiger partial charge in [0.05, 0.1) is 0 Å². The van der Waals surface area contributed by atoms with Gasteiger partial charge in [0.15, 0.2) is 0 Å². The van der Waals surface area contributed by atoms with Crippen LogP contribution in [0.4, 0.5) is 0 Å². The van der Waals surface area contributed by atoms with Gasteiger partial charge in [-0.3, -0.25) is 0 Å². The fourth-order valence-electron chi connectivity index (χ4n) is 3.33. The van der Waals surface area contributed by atoms with Crippen LogP contribution in [0, 0.1) is 0 Å². The Kier molecular flexibility index (Phi) is 21.5. The Labute approximate surface area is 148 Å². The molecule has 0 spiro atoms. The molecule has 0 aromatic carbocycles. The van der Waals surface area contributed by atoms with E-state index in [0.29, 0.717) is 0 Å². The molecule has 0 saturated heterocycles. The van der Waals surface area contributed by atoms with Crippen LogP contribution < -0.4 is 0 Å². The summed E-state index contributed by atoms with van der Waals surface area (Å²) in [6.07, 6.45) is 32.1. The van der Waals surface area contributed by atoms with Gasteiger partial charge in [-0.2, -0.15) is 0 Å². The van der Waals surface area contributed by atoms with Crippen molar-refractivity contribution in [3.8, 4) is 0 Å². The summed E-state index contributed by atoms with van der Waals surface area (Å²) in [6.45, 7) is 4.42. The van der Waals surface area contributed by atoms with Crippen molar-refractivity contribution >= 4 is 0 Å². The molecule has 0 aromatic rings. The van der Waals surface area contributed by atoms with Crippen LogP contribution in [0.15, 0.2) is 12.2 Å². The minimum absolute atomic E-state index is 1.29. The molecule has 0 bridgehead atoms. The number of rotatable bonds is 19. The second-order valence-corrected chi connectivity index (χ2v) is 7.37. The number of hydrogen-bond acceptors (Lipinski definition) is 0. The lowest BCUT2D eigenvalue weighted by Gasteiger charge is -2.03. The molecule has 0 aromatic heterocycles. The molecule has 0 fully saturated rings. The third-order valence-corrected chi connectivity index (χ3v) is 4.96. The van der Waals surface area contributed by atoms with E-state index in [9.17, 15) is 0 Å². The Morgan fingerprint density at radius 3 is 1.04 bits per heavy atom. The van der Waals surface area contributed by atoms with Crippen molar-refractivity contribution in [3.63, 3.8) is 0 Å². The van der Waals surface area contributed by atoms with E-state index in [-0.39, 0.29) is 0 Å². The lowest BCUT2D eigenvalue weighted by atomic mass is 10.0. The number of hydrogen-bond donors (Lipinski definition) is 0. The summed E-state index contributed by atoms with van der Waals surface area (Å²) in [6, 6.07) is 0. The lowest BCUT2D eigenvalue weighted by Crippen LogP contribution is -1.84. The average Bonchev–Trinajstić information content (AvgIpc) is 2.57. The summed E-state index contributed by atoms with van der Waals surface area (Å²) >= 11 is 0. The smallest absolute Gasteiger partial charge is 0.0351 e. The van der Waals surface area contributed by atoms with Gasteiger partial charge < -0.3 is 0 Å². The highest BCUT2D eigenvalue weighted by atomic mass is 14.0. The van der Waals surface area contributed by atoms with E-state index in [1.54, 1.807) is 0 Å². The Bertz CT molecular complexity index is 216. The molecular weight excluding hydrogens is 276 g/mol. The molecule has 0 unspecified atom stereocenters. The van der Waals surface area contributed by atoms with Gasteiger partial charge in [-0.1, -0.05) is 128 Å². The summed E-state index contributed by atoms with van der Waals surface area (Å²) in [7, 11) is 0. The van der Waals surface area contributed by atoms with E-state index in [1.807, 2.05) is 0 Å². The Morgan fingerprint density at radius 2 is 0.739 bits per heavy atom. The largest absolute Gasteiger partial charge is 0.0917 e. The molecule has 0 atom stereocenters. The molecule has 0 amide bonds. The quantitative estimate of drug-likeness (QED) is 0.164. The van der Waals surface area contributed by atoms with Crippen molar-refractivity contribution in [2.75, 3.05) is 0 Å². The lowest BCUT2D eigenvalue weighted by molar-refractivity contribution is 0.525. The van der Waals surface area contributed by atoms with Gasteiger partial charge >= 0.3 is 0 Å². The monoisotopic (exact) mass is 322 g/mol. The fraction of sp³-hybridized carbons (Fsp3) is 0.913. The van der Waals surface area contributed by atoms with E-state index in [0.717, 1.165) is 0 Å². The van der Waals surface area contributed by atoms with Crippen LogP contribution in [-0.2, 0) is 0 Å². The molecule has 0 saturated carbocycles. The van der Waals surface area contributed by atoms with Crippen LogP contribution in [0.5, 0.6) is 0 Å². The average molecular weight is 323 g/mol. The molecule has 23 heavy (non-hydrogen) atoms. The zero-order chi connectivity index (χ0) is 16.8. The van der Waals surface area contributed by atoms with Crippen LogP contribution in [-0.4, -0.2) is 0 Å². The SMILES string of the molecule is C/C=C/CCCCCCCCCCCCCCCCCCCC. The van der Waals surface area contributed by atoms with Gasteiger partial charge in [0.25, 0.3) is 0 Å². The third-order valence-electron chi connectivity index (χ3n) is 4.96. The number of unbranched alkanes of at least 4 members (excludes halogenated alkanes) is 18. The van der Waals surface area contributed by atoms with Gasteiger partial charge in [0.1, 0.15) is 0 Å².